The monoisotopic (exact) mass is 846 g/mol. The van der Waals surface area contributed by atoms with Crippen LogP contribution in [0.5, 0.6) is 0 Å². The normalized spacial score (nSPS) is 20.5. The number of amides is 1. The molecule has 0 bridgehead atoms. The van der Waals surface area contributed by atoms with E-state index < -0.39 is 25.9 Å². The van der Waals surface area contributed by atoms with Crippen LogP contribution in [0.15, 0.2) is 137 Å². The summed E-state index contributed by atoms with van der Waals surface area (Å²) >= 11 is 0. The van der Waals surface area contributed by atoms with Gasteiger partial charge >= 0.3 is 0 Å². The van der Waals surface area contributed by atoms with Crippen LogP contribution in [0.25, 0.3) is 33.2 Å². The number of hydrogen-bond donors (Lipinski definition) is 4. The number of H-pyrrole nitrogens is 2. The van der Waals surface area contributed by atoms with Crippen LogP contribution in [0.4, 0.5) is 5.69 Å². The zero-order valence-corrected chi connectivity index (χ0v) is 35.5. The summed E-state index contributed by atoms with van der Waals surface area (Å²) in [6.45, 7) is 6.20. The summed E-state index contributed by atoms with van der Waals surface area (Å²) in [5.74, 6) is -1.07. The molecular weight excluding hydrogens is 801 g/mol. The summed E-state index contributed by atoms with van der Waals surface area (Å²) < 4.78 is 11.9. The largest absolute Gasteiger partial charge is 0.432 e. The molecule has 5 aromatic carbocycles. The standard InChI is InChI=1S/C47H46N8O6Si/c1-29-43(62(2,3)60)42(22-23-52-27-40(48-51-52)36(28-56)31-13-5-4-6-14-31)61-47(29)37-25-33(55-45(58)35-17-8-10-19-39(35)50-55)20-21-41(37)53(46(47)59)26-30-12-11-15-32(24-30)54-44(57)34-16-7-9-18-38(34)49-54/h4-21,24-25,27,29,36,42-43,49-50,56,60H,22-23,26,28H2,1-3H3/t29-,36?,42+,43-,47+/m0/s1. The number of aryl methyl sites for hydroxylation is 1. The molecule has 2 aliphatic rings. The van der Waals surface area contributed by atoms with Crippen molar-refractivity contribution in [1.82, 2.24) is 34.6 Å². The number of nitrogens with one attached hydrogen (secondary N) is 2. The van der Waals surface area contributed by atoms with E-state index in [1.54, 1.807) is 21.7 Å². The number of rotatable bonds is 11. The van der Waals surface area contributed by atoms with Crippen molar-refractivity contribution < 1.29 is 19.4 Å². The average molecular weight is 847 g/mol. The number of carbonyl (C=O) groups is 1. The zero-order valence-electron chi connectivity index (χ0n) is 34.5. The first kappa shape index (κ1) is 39.5. The lowest BCUT2D eigenvalue weighted by Gasteiger charge is -2.32. The smallest absolute Gasteiger partial charge is 0.279 e. The molecule has 4 N–H and O–H groups in total. The fraction of sp³-hybridized carbons (Fsp3) is 0.255. The highest BCUT2D eigenvalue weighted by atomic mass is 28.4. The molecule has 1 saturated heterocycles. The van der Waals surface area contributed by atoms with Gasteiger partial charge in [0, 0.05) is 29.8 Å². The number of fused-ring (bicyclic) bond motifs is 4. The molecule has 1 spiro atoms. The molecule has 5 atom stereocenters. The highest BCUT2D eigenvalue weighted by Crippen LogP contribution is 2.60. The van der Waals surface area contributed by atoms with Crippen molar-refractivity contribution in [3.8, 4) is 11.4 Å². The molecule has 0 radical (unpaired) electrons. The van der Waals surface area contributed by atoms with Gasteiger partial charge < -0.3 is 19.5 Å². The van der Waals surface area contributed by atoms with Gasteiger partial charge in [0.1, 0.15) is 0 Å². The van der Waals surface area contributed by atoms with E-state index in [2.05, 4.69) is 20.5 Å². The molecule has 0 aliphatic carbocycles. The Bertz CT molecular complexity index is 3110. The quantitative estimate of drug-likeness (QED) is 0.113. The maximum absolute atomic E-state index is 15.5. The average Bonchev–Trinajstić information content (AvgIpc) is 4.08. The van der Waals surface area contributed by atoms with Crippen LogP contribution < -0.4 is 16.0 Å². The van der Waals surface area contributed by atoms with Gasteiger partial charge in [-0.15, -0.1) is 5.10 Å². The number of para-hydroxylation sites is 2. The maximum Gasteiger partial charge on any atom is 0.279 e. The van der Waals surface area contributed by atoms with Crippen molar-refractivity contribution in [2.24, 2.45) is 5.92 Å². The molecular formula is C47H46N8O6Si. The second-order valence-electron chi connectivity index (χ2n) is 17.1. The molecule has 5 heterocycles. The van der Waals surface area contributed by atoms with Crippen molar-refractivity contribution in [2.45, 2.75) is 62.7 Å². The Balaban J connectivity index is 1.03. The van der Waals surface area contributed by atoms with Gasteiger partial charge in [0.25, 0.3) is 17.0 Å². The summed E-state index contributed by atoms with van der Waals surface area (Å²) in [6.07, 6.45) is 1.72. The number of hydrogen-bond acceptors (Lipinski definition) is 8. The molecule has 10 rings (SSSR count). The Morgan fingerprint density at radius 3 is 2.10 bits per heavy atom. The number of benzene rings is 5. The number of nitrogens with zero attached hydrogens (tertiary/aromatic N) is 6. The Morgan fingerprint density at radius 2 is 1.45 bits per heavy atom. The summed E-state index contributed by atoms with van der Waals surface area (Å²) in [5, 5.41) is 26.7. The third-order valence-electron chi connectivity index (χ3n) is 12.9. The van der Waals surface area contributed by atoms with E-state index in [0.717, 1.165) is 16.6 Å². The fourth-order valence-electron chi connectivity index (χ4n) is 9.99. The first-order chi connectivity index (χ1) is 30.0. The van der Waals surface area contributed by atoms with E-state index in [0.29, 0.717) is 57.6 Å². The lowest BCUT2D eigenvalue weighted by atomic mass is 9.82. The molecule has 62 heavy (non-hydrogen) atoms. The Morgan fingerprint density at radius 1 is 0.806 bits per heavy atom. The van der Waals surface area contributed by atoms with Crippen LogP contribution >= 0.6 is 0 Å². The zero-order chi connectivity index (χ0) is 42.9. The number of aromatic amines is 2. The second-order valence-corrected chi connectivity index (χ2v) is 21.0. The van der Waals surface area contributed by atoms with E-state index in [4.69, 9.17) is 4.74 Å². The number of ether oxygens (including phenoxy) is 1. The van der Waals surface area contributed by atoms with Gasteiger partial charge in [0.05, 0.1) is 69.7 Å². The van der Waals surface area contributed by atoms with Crippen molar-refractivity contribution in [2.75, 3.05) is 11.5 Å². The van der Waals surface area contributed by atoms with Gasteiger partial charge in [-0.25, -0.2) is 9.36 Å². The molecule has 14 nitrogen and oxygen atoms in total. The molecule has 1 unspecified atom stereocenters. The topological polar surface area (TPSA) is 176 Å². The van der Waals surface area contributed by atoms with Crippen LogP contribution in [0.3, 0.4) is 0 Å². The first-order valence-electron chi connectivity index (χ1n) is 20.9. The summed E-state index contributed by atoms with van der Waals surface area (Å²) in [5.41, 5.74) is 3.92. The van der Waals surface area contributed by atoms with Crippen LogP contribution in [0.1, 0.15) is 41.6 Å². The Kier molecular flexibility index (Phi) is 9.59. The van der Waals surface area contributed by atoms with Gasteiger partial charge in [0.15, 0.2) is 13.9 Å². The number of aromatic nitrogens is 7. The van der Waals surface area contributed by atoms with E-state index in [1.807, 2.05) is 135 Å². The lowest BCUT2D eigenvalue weighted by Crippen LogP contribution is -2.46. The predicted octanol–water partition coefficient (Wildman–Crippen LogP) is 6.10. The van der Waals surface area contributed by atoms with Gasteiger partial charge in [0.2, 0.25) is 0 Å². The van der Waals surface area contributed by atoms with Crippen molar-refractivity contribution in [3.05, 3.63) is 171 Å². The molecule has 1 fully saturated rings. The van der Waals surface area contributed by atoms with E-state index in [-0.39, 0.29) is 41.6 Å². The summed E-state index contributed by atoms with van der Waals surface area (Å²) in [7, 11) is -3.04. The predicted molar refractivity (Wildman–Crippen MR) is 238 cm³/mol. The minimum Gasteiger partial charge on any atom is -0.432 e. The van der Waals surface area contributed by atoms with Crippen LogP contribution in [-0.2, 0) is 28.2 Å². The minimum atomic E-state index is -3.04. The van der Waals surface area contributed by atoms with E-state index >= 15 is 4.79 Å². The Labute approximate surface area is 356 Å². The number of carbonyl (C=O) groups excluding carboxylic acids is 1. The number of aliphatic hydroxyl groups is 1. The van der Waals surface area contributed by atoms with Crippen LogP contribution in [0, 0.1) is 5.92 Å². The van der Waals surface area contributed by atoms with Gasteiger partial charge in [-0.05, 0) is 85.2 Å². The minimum absolute atomic E-state index is 0.128. The molecule has 15 heteroatoms. The second kappa shape index (κ2) is 15.1. The van der Waals surface area contributed by atoms with Crippen molar-refractivity contribution >= 4 is 41.7 Å². The molecule has 8 aromatic rings. The fourth-order valence-corrected chi connectivity index (χ4v) is 12.6. The Hall–Kier alpha value is -6.65. The SMILES string of the molecule is C[C@H]1[C@H]([Si](C)(C)O)[C@@H](CCn2cc(C(CO)c3ccccc3)nn2)O[C@]12C(=O)N(Cc1cccc(-n3[nH]c4ccccc4c3=O)c1)c1ccc(-n3[nH]c4ccccc4c3=O)cc12. The third-order valence-corrected chi connectivity index (χ3v) is 15.4. The number of aliphatic hydroxyl groups excluding tert-OH is 1. The molecule has 2 aliphatic heterocycles. The molecule has 0 saturated carbocycles. The number of anilines is 1. The van der Waals surface area contributed by atoms with Crippen LogP contribution in [0.2, 0.25) is 18.6 Å². The van der Waals surface area contributed by atoms with Crippen LogP contribution in [-0.4, -0.2) is 71.4 Å². The molecule has 314 valence electrons. The first-order valence-corrected chi connectivity index (χ1v) is 23.9. The van der Waals surface area contributed by atoms with Gasteiger partial charge in [-0.2, -0.15) is 0 Å². The summed E-state index contributed by atoms with van der Waals surface area (Å²) in [6, 6.07) is 37.4. The van der Waals surface area contributed by atoms with E-state index in [1.165, 1.54) is 9.36 Å². The highest BCUT2D eigenvalue weighted by Gasteiger charge is 2.66. The summed E-state index contributed by atoms with van der Waals surface area (Å²) in [4.78, 5) is 56.4. The van der Waals surface area contributed by atoms with Crippen molar-refractivity contribution in [1.29, 1.82) is 0 Å². The molecule has 3 aromatic heterocycles. The van der Waals surface area contributed by atoms with Gasteiger partial charge in [-0.1, -0.05) is 78.9 Å². The van der Waals surface area contributed by atoms with E-state index in [9.17, 15) is 19.5 Å². The molecule has 1 amide bonds. The highest BCUT2D eigenvalue weighted by molar-refractivity contribution is 6.71. The van der Waals surface area contributed by atoms with Crippen molar-refractivity contribution in [3.63, 3.8) is 0 Å². The lowest BCUT2D eigenvalue weighted by molar-refractivity contribution is -0.146. The third kappa shape index (κ3) is 6.38. The van der Waals surface area contributed by atoms with Gasteiger partial charge in [-0.3, -0.25) is 29.3 Å². The maximum atomic E-state index is 15.5.